The van der Waals surface area contributed by atoms with Crippen LogP contribution in [0.2, 0.25) is 0 Å². The van der Waals surface area contributed by atoms with Crippen LogP contribution in [0.1, 0.15) is 44.9 Å². The lowest BCUT2D eigenvalue weighted by Crippen LogP contribution is -2.46. The van der Waals surface area contributed by atoms with Gasteiger partial charge in [0, 0.05) is 24.8 Å². The highest BCUT2D eigenvalue weighted by atomic mass is 79.9. The van der Waals surface area contributed by atoms with E-state index in [-0.39, 0.29) is 6.10 Å². The van der Waals surface area contributed by atoms with Crippen LogP contribution in [0, 0.1) is 5.92 Å². The normalized spacial score (nSPS) is 26.9. The van der Waals surface area contributed by atoms with Gasteiger partial charge in [0.1, 0.15) is 0 Å². The third-order valence-electron chi connectivity index (χ3n) is 4.10. The highest BCUT2D eigenvalue weighted by Gasteiger charge is 2.25. The van der Waals surface area contributed by atoms with Gasteiger partial charge in [0.2, 0.25) is 5.91 Å². The second-order valence-corrected chi connectivity index (χ2v) is 6.20. The maximum atomic E-state index is 12.3. The fourth-order valence-corrected chi connectivity index (χ4v) is 3.37. The Labute approximate surface area is 118 Å². The Bertz CT molecular complexity index is 265. The van der Waals surface area contributed by atoms with Crippen molar-refractivity contribution >= 4 is 21.8 Å². The topological polar surface area (TPSA) is 29.5 Å². The summed E-state index contributed by atoms with van der Waals surface area (Å²) in [6.45, 7) is 2.22. The van der Waals surface area contributed by atoms with Crippen molar-refractivity contribution in [2.75, 3.05) is 25.0 Å². The summed E-state index contributed by atoms with van der Waals surface area (Å²) in [7, 11) is 0. The Balaban J connectivity index is 1.79. The molecule has 2 fully saturated rings. The van der Waals surface area contributed by atoms with Crippen molar-refractivity contribution in [2.45, 2.75) is 51.0 Å². The van der Waals surface area contributed by atoms with Crippen molar-refractivity contribution < 1.29 is 9.53 Å². The van der Waals surface area contributed by atoms with Crippen LogP contribution in [0.4, 0.5) is 0 Å². The van der Waals surface area contributed by atoms with E-state index in [1.54, 1.807) is 0 Å². The first-order chi connectivity index (χ1) is 8.79. The summed E-state index contributed by atoms with van der Waals surface area (Å²) in [5.74, 6) is 0.974. The summed E-state index contributed by atoms with van der Waals surface area (Å²) >= 11 is 3.43. The van der Waals surface area contributed by atoms with Crippen molar-refractivity contribution in [1.82, 2.24) is 4.90 Å². The summed E-state index contributed by atoms with van der Waals surface area (Å²) in [4.78, 5) is 14.3. The Kier molecular flexibility index (Phi) is 5.96. The molecule has 1 saturated heterocycles. The van der Waals surface area contributed by atoms with Crippen molar-refractivity contribution in [2.24, 2.45) is 5.92 Å². The molecule has 2 aliphatic rings. The van der Waals surface area contributed by atoms with Crippen LogP contribution in [0.3, 0.4) is 0 Å². The van der Waals surface area contributed by atoms with Crippen LogP contribution in [0.25, 0.3) is 0 Å². The number of carbonyl (C=O) groups excluding carboxylic acids is 1. The molecule has 0 bridgehead atoms. The van der Waals surface area contributed by atoms with Crippen LogP contribution in [-0.2, 0) is 9.53 Å². The first kappa shape index (κ1) is 14.3. The van der Waals surface area contributed by atoms with Gasteiger partial charge in [0.05, 0.1) is 12.7 Å². The smallest absolute Gasteiger partial charge is 0.223 e. The molecule has 1 unspecified atom stereocenters. The molecule has 1 aliphatic carbocycles. The van der Waals surface area contributed by atoms with Gasteiger partial charge < -0.3 is 9.64 Å². The molecule has 4 heteroatoms. The van der Waals surface area contributed by atoms with Gasteiger partial charge in [-0.3, -0.25) is 4.79 Å². The molecule has 3 nitrogen and oxygen atoms in total. The predicted molar refractivity (Wildman–Crippen MR) is 75.9 cm³/mol. The Morgan fingerprint density at radius 3 is 2.61 bits per heavy atom. The number of morpholine rings is 1. The fourth-order valence-electron chi connectivity index (χ4n) is 2.98. The van der Waals surface area contributed by atoms with Gasteiger partial charge in [0.25, 0.3) is 0 Å². The third kappa shape index (κ3) is 4.23. The zero-order chi connectivity index (χ0) is 12.8. The maximum Gasteiger partial charge on any atom is 0.223 e. The van der Waals surface area contributed by atoms with Gasteiger partial charge >= 0.3 is 0 Å². The van der Waals surface area contributed by atoms with Crippen LogP contribution in [-0.4, -0.2) is 41.9 Å². The zero-order valence-electron chi connectivity index (χ0n) is 11.1. The number of rotatable bonds is 3. The fraction of sp³-hybridized carbons (Fsp3) is 0.929. The number of alkyl halides is 1. The predicted octanol–water partition coefficient (Wildman–Crippen LogP) is 2.97. The van der Waals surface area contributed by atoms with E-state index in [2.05, 4.69) is 15.9 Å². The van der Waals surface area contributed by atoms with E-state index < -0.39 is 0 Å². The van der Waals surface area contributed by atoms with E-state index in [1.807, 2.05) is 4.90 Å². The summed E-state index contributed by atoms with van der Waals surface area (Å²) in [5, 5.41) is 0.820. The van der Waals surface area contributed by atoms with Gasteiger partial charge in [-0.2, -0.15) is 0 Å². The van der Waals surface area contributed by atoms with Gasteiger partial charge in [-0.25, -0.2) is 0 Å². The van der Waals surface area contributed by atoms with E-state index in [1.165, 1.54) is 38.5 Å². The quantitative estimate of drug-likeness (QED) is 0.591. The molecule has 1 amide bonds. The molecule has 0 spiro atoms. The first-order valence-electron chi connectivity index (χ1n) is 7.25. The molecule has 1 atom stereocenters. The van der Waals surface area contributed by atoms with Gasteiger partial charge in [-0.15, -0.1) is 0 Å². The SMILES string of the molecule is O=C(CC1CCCCCC1)N1CCOC(CBr)C1. The lowest BCUT2D eigenvalue weighted by atomic mass is 9.96. The van der Waals surface area contributed by atoms with Crippen molar-refractivity contribution in [3.63, 3.8) is 0 Å². The molecular weight excluding hydrogens is 294 g/mol. The number of carbonyl (C=O) groups is 1. The lowest BCUT2D eigenvalue weighted by molar-refractivity contribution is -0.139. The highest BCUT2D eigenvalue weighted by molar-refractivity contribution is 9.09. The Morgan fingerprint density at radius 2 is 1.94 bits per heavy atom. The van der Waals surface area contributed by atoms with E-state index in [0.29, 0.717) is 18.4 Å². The van der Waals surface area contributed by atoms with E-state index in [0.717, 1.165) is 24.8 Å². The summed E-state index contributed by atoms with van der Waals surface area (Å²) in [5.41, 5.74) is 0. The molecular formula is C14H24BrNO2. The minimum absolute atomic E-state index is 0.178. The number of hydrogen-bond donors (Lipinski definition) is 0. The molecule has 104 valence electrons. The first-order valence-corrected chi connectivity index (χ1v) is 8.37. The lowest BCUT2D eigenvalue weighted by Gasteiger charge is -2.33. The van der Waals surface area contributed by atoms with E-state index >= 15 is 0 Å². The molecule has 0 radical (unpaired) electrons. The van der Waals surface area contributed by atoms with Crippen LogP contribution in [0.15, 0.2) is 0 Å². The Hall–Kier alpha value is -0.0900. The van der Waals surface area contributed by atoms with Gasteiger partial charge in [-0.1, -0.05) is 41.6 Å². The minimum atomic E-state index is 0.178. The number of amides is 1. The molecule has 1 aliphatic heterocycles. The summed E-state index contributed by atoms with van der Waals surface area (Å²) < 4.78 is 5.58. The van der Waals surface area contributed by atoms with Crippen molar-refractivity contribution in [3.05, 3.63) is 0 Å². The average Bonchev–Trinajstić information content (AvgIpc) is 2.67. The van der Waals surface area contributed by atoms with Gasteiger partial charge in [0.15, 0.2) is 0 Å². The third-order valence-corrected chi connectivity index (χ3v) is 4.82. The van der Waals surface area contributed by atoms with Crippen molar-refractivity contribution in [3.8, 4) is 0 Å². The monoisotopic (exact) mass is 317 g/mol. The summed E-state index contributed by atoms with van der Waals surface area (Å²) in [6.07, 6.45) is 8.76. The van der Waals surface area contributed by atoms with E-state index in [9.17, 15) is 4.79 Å². The van der Waals surface area contributed by atoms with Crippen LogP contribution in [0.5, 0.6) is 0 Å². The number of halogens is 1. The standard InChI is InChI=1S/C14H24BrNO2/c15-10-13-11-16(7-8-18-13)14(17)9-12-5-3-1-2-4-6-12/h12-13H,1-11H2. The minimum Gasteiger partial charge on any atom is -0.374 e. The van der Waals surface area contributed by atoms with Crippen molar-refractivity contribution in [1.29, 1.82) is 0 Å². The molecule has 1 saturated carbocycles. The molecule has 0 aromatic heterocycles. The van der Waals surface area contributed by atoms with Crippen LogP contribution >= 0.6 is 15.9 Å². The second-order valence-electron chi connectivity index (χ2n) is 5.55. The molecule has 18 heavy (non-hydrogen) atoms. The second kappa shape index (κ2) is 7.49. The number of hydrogen-bond acceptors (Lipinski definition) is 2. The van der Waals surface area contributed by atoms with Gasteiger partial charge in [-0.05, 0) is 18.8 Å². The average molecular weight is 318 g/mol. The van der Waals surface area contributed by atoms with E-state index in [4.69, 9.17) is 4.74 Å². The molecule has 0 aromatic carbocycles. The summed E-state index contributed by atoms with van der Waals surface area (Å²) in [6, 6.07) is 0. The molecule has 0 aromatic rings. The number of ether oxygens (including phenoxy) is 1. The maximum absolute atomic E-state index is 12.3. The molecule has 1 heterocycles. The Morgan fingerprint density at radius 1 is 1.22 bits per heavy atom. The highest BCUT2D eigenvalue weighted by Crippen LogP contribution is 2.26. The zero-order valence-corrected chi connectivity index (χ0v) is 12.7. The molecule has 2 rings (SSSR count). The largest absolute Gasteiger partial charge is 0.374 e. The number of nitrogens with zero attached hydrogens (tertiary/aromatic N) is 1. The molecule has 0 N–H and O–H groups in total. The van der Waals surface area contributed by atoms with Crippen LogP contribution < -0.4 is 0 Å².